The van der Waals surface area contributed by atoms with E-state index in [1.54, 1.807) is 13.4 Å². The molecule has 0 spiro atoms. The van der Waals surface area contributed by atoms with Crippen molar-refractivity contribution in [1.29, 1.82) is 0 Å². The summed E-state index contributed by atoms with van der Waals surface area (Å²) < 4.78 is 0. The highest BCUT2D eigenvalue weighted by molar-refractivity contribution is 5.90. The number of nitrogens with one attached hydrogen (secondary N) is 2. The van der Waals surface area contributed by atoms with Crippen molar-refractivity contribution in [3.05, 3.63) is 29.6 Å². The quantitative estimate of drug-likeness (QED) is 0.908. The van der Waals surface area contributed by atoms with Gasteiger partial charge in [0.05, 0.1) is 5.52 Å². The van der Waals surface area contributed by atoms with Crippen LogP contribution in [0.5, 0.6) is 0 Å². The number of hydrogen-bond donors (Lipinski definition) is 2. The van der Waals surface area contributed by atoms with Gasteiger partial charge in [-0.2, -0.15) is 0 Å². The van der Waals surface area contributed by atoms with Crippen molar-refractivity contribution in [3.8, 4) is 0 Å². The molecule has 1 fully saturated rings. The smallest absolute Gasteiger partial charge is 0.314 e. The van der Waals surface area contributed by atoms with Crippen LogP contribution in [0, 0.1) is 19.8 Å². The highest BCUT2D eigenvalue weighted by atomic mass is 16.2. The average Bonchev–Trinajstić information content (AvgIpc) is 2.60. The summed E-state index contributed by atoms with van der Waals surface area (Å²) in [7, 11) is 1.64. The van der Waals surface area contributed by atoms with Crippen molar-refractivity contribution in [1.82, 2.24) is 20.6 Å². The molecule has 1 aromatic carbocycles. The zero-order valence-corrected chi connectivity index (χ0v) is 14.6. The lowest BCUT2D eigenvalue weighted by Gasteiger charge is -2.33. The first-order valence-corrected chi connectivity index (χ1v) is 8.51. The second kappa shape index (κ2) is 7.03. The Bertz CT molecular complexity index is 738. The van der Waals surface area contributed by atoms with Crippen LogP contribution in [0.3, 0.4) is 0 Å². The van der Waals surface area contributed by atoms with Crippen molar-refractivity contribution < 1.29 is 4.79 Å². The molecule has 1 aliphatic rings. The van der Waals surface area contributed by atoms with E-state index in [4.69, 9.17) is 0 Å². The summed E-state index contributed by atoms with van der Waals surface area (Å²) in [6.07, 6.45) is 3.77. The predicted octanol–water partition coefficient (Wildman–Crippen LogP) is 2.39. The van der Waals surface area contributed by atoms with Gasteiger partial charge in [0, 0.05) is 32.1 Å². The summed E-state index contributed by atoms with van der Waals surface area (Å²) in [6.45, 7) is 6.89. The van der Waals surface area contributed by atoms with Crippen molar-refractivity contribution >= 4 is 22.8 Å². The fraction of sp³-hybridized carbons (Fsp3) is 0.500. The van der Waals surface area contributed by atoms with E-state index < -0.39 is 0 Å². The van der Waals surface area contributed by atoms with E-state index in [1.165, 1.54) is 11.1 Å². The Morgan fingerprint density at radius 3 is 2.62 bits per heavy atom. The van der Waals surface area contributed by atoms with E-state index in [9.17, 15) is 4.79 Å². The second-order valence-electron chi connectivity index (χ2n) is 6.54. The molecular weight excluding hydrogens is 302 g/mol. The van der Waals surface area contributed by atoms with E-state index >= 15 is 0 Å². The number of hydrogen-bond acceptors (Lipinski definition) is 4. The number of carbonyl (C=O) groups is 1. The Morgan fingerprint density at radius 1 is 1.21 bits per heavy atom. The van der Waals surface area contributed by atoms with Gasteiger partial charge in [-0.3, -0.25) is 0 Å². The highest BCUT2D eigenvalue weighted by Crippen LogP contribution is 2.28. The molecule has 0 radical (unpaired) electrons. The maximum atomic E-state index is 11.3. The average molecular weight is 327 g/mol. The van der Waals surface area contributed by atoms with Crippen LogP contribution in [0.25, 0.3) is 10.9 Å². The zero-order chi connectivity index (χ0) is 17.1. The summed E-state index contributed by atoms with van der Waals surface area (Å²) in [4.78, 5) is 22.6. The van der Waals surface area contributed by atoms with Crippen LogP contribution in [-0.2, 0) is 0 Å². The molecule has 0 aliphatic carbocycles. The Hall–Kier alpha value is -2.37. The number of aromatic nitrogens is 2. The summed E-state index contributed by atoms with van der Waals surface area (Å²) in [5, 5.41) is 6.62. The molecule has 1 aromatic heterocycles. The van der Waals surface area contributed by atoms with E-state index in [-0.39, 0.29) is 6.03 Å². The number of piperidine rings is 1. The third-order valence-corrected chi connectivity index (χ3v) is 4.92. The van der Waals surface area contributed by atoms with Crippen LogP contribution in [-0.4, -0.2) is 42.7 Å². The Labute approximate surface area is 142 Å². The molecule has 6 nitrogen and oxygen atoms in total. The fourth-order valence-electron chi connectivity index (χ4n) is 3.23. The van der Waals surface area contributed by atoms with Gasteiger partial charge in [-0.25, -0.2) is 14.8 Å². The van der Waals surface area contributed by atoms with Crippen molar-refractivity contribution in [3.63, 3.8) is 0 Å². The molecule has 0 unspecified atom stereocenters. The molecule has 2 amide bonds. The number of benzene rings is 1. The third-order valence-electron chi connectivity index (χ3n) is 4.92. The number of fused-ring (bicyclic) bond motifs is 1. The minimum absolute atomic E-state index is 0.106. The van der Waals surface area contributed by atoms with Crippen LogP contribution in [0.2, 0.25) is 0 Å². The van der Waals surface area contributed by atoms with E-state index in [0.29, 0.717) is 5.92 Å². The zero-order valence-electron chi connectivity index (χ0n) is 14.6. The lowest BCUT2D eigenvalue weighted by Crippen LogP contribution is -2.41. The molecule has 0 saturated carbocycles. The molecule has 3 rings (SSSR count). The van der Waals surface area contributed by atoms with Crippen LogP contribution < -0.4 is 15.5 Å². The predicted molar refractivity (Wildman–Crippen MR) is 96.4 cm³/mol. The van der Waals surface area contributed by atoms with E-state index in [1.807, 2.05) is 0 Å². The molecule has 1 saturated heterocycles. The fourth-order valence-corrected chi connectivity index (χ4v) is 3.23. The lowest BCUT2D eigenvalue weighted by atomic mass is 9.96. The molecule has 0 bridgehead atoms. The van der Waals surface area contributed by atoms with Gasteiger partial charge in [0.1, 0.15) is 12.1 Å². The number of carbonyl (C=O) groups excluding carboxylic acids is 1. The van der Waals surface area contributed by atoms with Gasteiger partial charge in [0.15, 0.2) is 0 Å². The highest BCUT2D eigenvalue weighted by Gasteiger charge is 2.22. The first kappa shape index (κ1) is 16.5. The molecule has 24 heavy (non-hydrogen) atoms. The number of urea groups is 1. The number of amides is 2. The molecule has 2 heterocycles. The summed E-state index contributed by atoms with van der Waals surface area (Å²) in [6, 6.07) is 4.22. The summed E-state index contributed by atoms with van der Waals surface area (Å²) in [5.41, 5.74) is 3.53. The number of rotatable bonds is 3. The maximum absolute atomic E-state index is 11.3. The molecular formula is C18H25N5O. The van der Waals surface area contributed by atoms with Gasteiger partial charge < -0.3 is 15.5 Å². The van der Waals surface area contributed by atoms with E-state index in [0.717, 1.165) is 49.2 Å². The monoisotopic (exact) mass is 327 g/mol. The van der Waals surface area contributed by atoms with E-state index in [2.05, 4.69) is 51.5 Å². The number of aryl methyl sites for hydroxylation is 2. The van der Waals surface area contributed by atoms with Crippen LogP contribution in [0.1, 0.15) is 24.0 Å². The van der Waals surface area contributed by atoms with Crippen LogP contribution in [0.4, 0.5) is 10.6 Å². The van der Waals surface area contributed by atoms with Crippen molar-refractivity contribution in [2.75, 3.05) is 31.6 Å². The van der Waals surface area contributed by atoms with Crippen molar-refractivity contribution in [2.45, 2.75) is 26.7 Å². The summed E-state index contributed by atoms with van der Waals surface area (Å²) in [5.74, 6) is 1.55. The molecule has 2 aromatic rings. The van der Waals surface area contributed by atoms with Gasteiger partial charge in [-0.1, -0.05) is 0 Å². The Morgan fingerprint density at radius 2 is 1.92 bits per heavy atom. The maximum Gasteiger partial charge on any atom is 0.314 e. The van der Waals surface area contributed by atoms with Crippen LogP contribution in [0.15, 0.2) is 18.5 Å². The largest absolute Gasteiger partial charge is 0.356 e. The standard InChI is InChI=1S/C18H25N5O/c1-12-8-15-16(9-13(12)2)21-11-22-17(15)23-6-4-14(5-7-23)10-20-18(24)19-3/h8-9,11,14H,4-7,10H2,1-3H3,(H2,19,20,24). The van der Waals surface area contributed by atoms with Gasteiger partial charge in [0.25, 0.3) is 0 Å². The Kier molecular flexibility index (Phi) is 4.83. The van der Waals surface area contributed by atoms with Gasteiger partial charge in [-0.05, 0) is 55.9 Å². The molecule has 1 aliphatic heterocycles. The Balaban J connectivity index is 1.71. The lowest BCUT2D eigenvalue weighted by molar-refractivity contribution is 0.239. The first-order valence-electron chi connectivity index (χ1n) is 8.51. The molecule has 0 atom stereocenters. The normalized spacial score (nSPS) is 15.5. The molecule has 2 N–H and O–H groups in total. The van der Waals surface area contributed by atoms with Crippen molar-refractivity contribution in [2.24, 2.45) is 5.92 Å². The third kappa shape index (κ3) is 3.42. The SMILES string of the molecule is CNC(=O)NCC1CCN(c2ncnc3cc(C)c(C)cc23)CC1. The van der Waals surface area contributed by atoms with Gasteiger partial charge in [0.2, 0.25) is 0 Å². The first-order chi connectivity index (χ1) is 11.6. The molecule has 6 heteroatoms. The van der Waals surface area contributed by atoms with Gasteiger partial charge >= 0.3 is 6.03 Å². The summed E-state index contributed by atoms with van der Waals surface area (Å²) >= 11 is 0. The van der Waals surface area contributed by atoms with Crippen LogP contribution >= 0.6 is 0 Å². The topological polar surface area (TPSA) is 70.2 Å². The minimum atomic E-state index is -0.106. The molecule has 128 valence electrons. The number of anilines is 1. The minimum Gasteiger partial charge on any atom is -0.356 e. The number of nitrogens with zero attached hydrogens (tertiary/aromatic N) is 3. The second-order valence-corrected chi connectivity index (χ2v) is 6.54. The van der Waals surface area contributed by atoms with Gasteiger partial charge in [-0.15, -0.1) is 0 Å².